The molecule has 0 atom stereocenters. The van der Waals surface area contributed by atoms with E-state index in [-0.39, 0.29) is 18.0 Å². The van der Waals surface area contributed by atoms with Crippen molar-refractivity contribution < 1.29 is 13.9 Å². The van der Waals surface area contributed by atoms with Crippen LogP contribution in [0.3, 0.4) is 0 Å². The minimum atomic E-state index is -0.425. The number of hydrogen-bond donors (Lipinski definition) is 1. The van der Waals surface area contributed by atoms with E-state index in [2.05, 4.69) is 11.8 Å². The van der Waals surface area contributed by atoms with E-state index in [4.69, 9.17) is 5.11 Å². The third kappa shape index (κ3) is 3.83. The number of aliphatic hydroxyl groups is 1. The van der Waals surface area contributed by atoms with Crippen molar-refractivity contribution >= 4 is 11.8 Å². The quantitative estimate of drug-likeness (QED) is 0.688. The molecule has 0 unspecified atom stereocenters. The van der Waals surface area contributed by atoms with E-state index in [1.807, 2.05) is 0 Å². The Hall–Kier alpha value is -1.83. The van der Waals surface area contributed by atoms with Crippen molar-refractivity contribution in [1.29, 1.82) is 0 Å². The summed E-state index contributed by atoms with van der Waals surface area (Å²) in [6, 6.07) is 11.1. The number of thioether (sulfide) groups is 1. The Labute approximate surface area is 120 Å². The van der Waals surface area contributed by atoms with Crippen LogP contribution >= 0.6 is 11.8 Å². The third-order valence-corrected chi connectivity index (χ3v) is 3.68. The lowest BCUT2D eigenvalue weighted by atomic mass is 10.1. The van der Waals surface area contributed by atoms with Gasteiger partial charge in [-0.3, -0.25) is 0 Å². The number of aliphatic hydroxyl groups excluding tert-OH is 1. The van der Waals surface area contributed by atoms with E-state index >= 15 is 0 Å². The fourth-order valence-corrected chi connectivity index (χ4v) is 2.50. The molecule has 1 N–H and O–H groups in total. The van der Waals surface area contributed by atoms with Gasteiger partial charge in [-0.05, 0) is 29.8 Å². The van der Waals surface area contributed by atoms with Crippen molar-refractivity contribution in [3.8, 4) is 11.8 Å². The van der Waals surface area contributed by atoms with Crippen LogP contribution in [0.1, 0.15) is 11.1 Å². The highest BCUT2D eigenvalue weighted by Crippen LogP contribution is 2.25. The van der Waals surface area contributed by atoms with E-state index in [0.717, 1.165) is 5.56 Å². The molecule has 0 heterocycles. The standard InChI is InChI=1S/C16H12F2OS/c17-14-8-7-12(10-13(14)4-3-9-19)11-20-16-6-2-1-5-15(16)18/h1-2,5-8,10,19H,9,11H2. The lowest BCUT2D eigenvalue weighted by Crippen LogP contribution is -1.89. The van der Waals surface area contributed by atoms with Gasteiger partial charge in [-0.25, -0.2) is 8.78 Å². The second-order valence-corrected chi connectivity index (χ2v) is 5.01. The molecule has 0 aliphatic heterocycles. The monoisotopic (exact) mass is 290 g/mol. The molecule has 2 aromatic carbocycles. The maximum atomic E-state index is 13.5. The summed E-state index contributed by atoms with van der Waals surface area (Å²) in [5, 5.41) is 8.63. The summed E-state index contributed by atoms with van der Waals surface area (Å²) in [5.74, 6) is 4.80. The highest BCUT2D eigenvalue weighted by atomic mass is 32.2. The van der Waals surface area contributed by atoms with Crippen LogP contribution < -0.4 is 0 Å². The van der Waals surface area contributed by atoms with E-state index in [0.29, 0.717) is 10.6 Å². The zero-order valence-corrected chi connectivity index (χ0v) is 11.4. The maximum Gasteiger partial charge on any atom is 0.138 e. The van der Waals surface area contributed by atoms with Crippen LogP contribution in [0.5, 0.6) is 0 Å². The summed E-state index contributed by atoms with van der Waals surface area (Å²) in [6.45, 7) is -0.312. The van der Waals surface area contributed by atoms with Crippen molar-refractivity contribution in [3.63, 3.8) is 0 Å². The van der Waals surface area contributed by atoms with Gasteiger partial charge in [-0.2, -0.15) is 0 Å². The number of halogens is 2. The smallest absolute Gasteiger partial charge is 0.138 e. The largest absolute Gasteiger partial charge is 0.384 e. The highest BCUT2D eigenvalue weighted by Gasteiger charge is 2.04. The van der Waals surface area contributed by atoms with Crippen LogP contribution in [0.25, 0.3) is 0 Å². The maximum absolute atomic E-state index is 13.5. The first kappa shape index (κ1) is 14.6. The van der Waals surface area contributed by atoms with Crippen LogP contribution in [-0.4, -0.2) is 11.7 Å². The molecule has 0 amide bonds. The zero-order valence-electron chi connectivity index (χ0n) is 10.6. The van der Waals surface area contributed by atoms with Gasteiger partial charge in [-0.15, -0.1) is 11.8 Å². The van der Waals surface area contributed by atoms with Crippen molar-refractivity contribution in [3.05, 3.63) is 65.2 Å². The lowest BCUT2D eigenvalue weighted by Gasteiger charge is -2.04. The van der Waals surface area contributed by atoms with Gasteiger partial charge in [0.05, 0.1) is 5.56 Å². The molecule has 0 aliphatic carbocycles. The molecular formula is C16H12F2OS. The molecule has 0 aliphatic rings. The summed E-state index contributed by atoms with van der Waals surface area (Å²) < 4.78 is 26.9. The topological polar surface area (TPSA) is 20.2 Å². The van der Waals surface area contributed by atoms with Crippen LogP contribution in [0.4, 0.5) is 8.78 Å². The third-order valence-electron chi connectivity index (χ3n) is 2.56. The van der Waals surface area contributed by atoms with Gasteiger partial charge in [0.1, 0.15) is 18.2 Å². The van der Waals surface area contributed by atoms with E-state index in [1.54, 1.807) is 30.3 Å². The molecular weight excluding hydrogens is 278 g/mol. The second kappa shape index (κ2) is 7.09. The normalized spacial score (nSPS) is 9.95. The predicted molar refractivity (Wildman–Crippen MR) is 76.3 cm³/mol. The van der Waals surface area contributed by atoms with Crippen LogP contribution in [0.15, 0.2) is 47.4 Å². The number of benzene rings is 2. The highest BCUT2D eigenvalue weighted by molar-refractivity contribution is 7.98. The van der Waals surface area contributed by atoms with E-state index in [1.165, 1.54) is 23.9 Å². The van der Waals surface area contributed by atoms with Crippen molar-refractivity contribution in [2.24, 2.45) is 0 Å². The Bertz CT molecular complexity index is 659. The Balaban J connectivity index is 2.12. The SMILES string of the molecule is OCC#Cc1cc(CSc2ccccc2F)ccc1F. The summed E-state index contributed by atoms with van der Waals surface area (Å²) in [7, 11) is 0. The number of hydrogen-bond acceptors (Lipinski definition) is 2. The minimum Gasteiger partial charge on any atom is -0.384 e. The lowest BCUT2D eigenvalue weighted by molar-refractivity contribution is 0.350. The van der Waals surface area contributed by atoms with E-state index < -0.39 is 5.82 Å². The molecule has 0 spiro atoms. The molecule has 0 radical (unpaired) electrons. The van der Waals surface area contributed by atoms with Gasteiger partial charge in [0, 0.05) is 10.6 Å². The zero-order chi connectivity index (χ0) is 14.4. The van der Waals surface area contributed by atoms with Crippen molar-refractivity contribution in [2.75, 3.05) is 6.61 Å². The van der Waals surface area contributed by atoms with Gasteiger partial charge in [0.25, 0.3) is 0 Å². The average Bonchev–Trinajstić information content (AvgIpc) is 2.46. The molecule has 0 aromatic heterocycles. The van der Waals surface area contributed by atoms with Gasteiger partial charge < -0.3 is 5.11 Å². The molecule has 2 aromatic rings. The summed E-state index contributed by atoms with van der Waals surface area (Å²) >= 11 is 1.34. The predicted octanol–water partition coefficient (Wildman–Crippen LogP) is 3.60. The fourth-order valence-electron chi connectivity index (χ4n) is 1.62. The Morgan fingerprint density at radius 2 is 1.85 bits per heavy atom. The van der Waals surface area contributed by atoms with Crippen LogP contribution in [0.2, 0.25) is 0 Å². The number of rotatable bonds is 3. The van der Waals surface area contributed by atoms with Gasteiger partial charge >= 0.3 is 0 Å². The molecule has 0 saturated carbocycles. The van der Waals surface area contributed by atoms with Crippen LogP contribution in [0, 0.1) is 23.5 Å². The Morgan fingerprint density at radius 3 is 2.60 bits per heavy atom. The molecule has 0 fully saturated rings. The fraction of sp³-hybridized carbons (Fsp3) is 0.125. The first-order valence-corrected chi connectivity index (χ1v) is 6.95. The van der Waals surface area contributed by atoms with Crippen LogP contribution in [-0.2, 0) is 5.75 Å². The molecule has 4 heteroatoms. The summed E-state index contributed by atoms with van der Waals surface area (Å²) in [6.07, 6.45) is 0. The Morgan fingerprint density at radius 1 is 1.05 bits per heavy atom. The molecule has 2 rings (SSSR count). The molecule has 20 heavy (non-hydrogen) atoms. The summed E-state index contributed by atoms with van der Waals surface area (Å²) in [5.41, 5.74) is 1.09. The molecule has 1 nitrogen and oxygen atoms in total. The molecule has 0 saturated heterocycles. The second-order valence-electron chi connectivity index (χ2n) is 3.99. The molecule has 102 valence electrons. The minimum absolute atomic E-state index is 0.241. The van der Waals surface area contributed by atoms with Crippen molar-refractivity contribution in [2.45, 2.75) is 10.6 Å². The average molecular weight is 290 g/mol. The first-order chi connectivity index (χ1) is 9.70. The van der Waals surface area contributed by atoms with Crippen molar-refractivity contribution in [1.82, 2.24) is 0 Å². The summed E-state index contributed by atoms with van der Waals surface area (Å²) in [4.78, 5) is 0.555. The van der Waals surface area contributed by atoms with E-state index in [9.17, 15) is 8.78 Å². The van der Waals surface area contributed by atoms with Gasteiger partial charge in [0.15, 0.2) is 0 Å². The van der Waals surface area contributed by atoms with Gasteiger partial charge in [0.2, 0.25) is 0 Å². The molecule has 0 bridgehead atoms. The Kier molecular flexibility index (Phi) is 5.16. The first-order valence-electron chi connectivity index (χ1n) is 5.96. The van der Waals surface area contributed by atoms with Gasteiger partial charge in [-0.1, -0.05) is 30.0 Å².